The van der Waals surface area contributed by atoms with Gasteiger partial charge in [-0.25, -0.2) is 0 Å². The first-order valence-corrected chi connectivity index (χ1v) is 32.7. The molecule has 4 aromatic rings. The lowest BCUT2D eigenvalue weighted by Crippen LogP contribution is -2.61. The van der Waals surface area contributed by atoms with Crippen molar-refractivity contribution >= 4 is 52.7 Å². The number of aromatic hydroxyl groups is 2. The van der Waals surface area contributed by atoms with Gasteiger partial charge in [-0.3, -0.25) is 43.3 Å². The number of nitrogens with zero attached hydrogens (tertiary/aromatic N) is 2. The Hall–Kier alpha value is -8.52. The molecule has 4 saturated heterocycles. The highest BCUT2D eigenvalue weighted by molar-refractivity contribution is 6.31. The number of phenols is 2. The minimum atomic E-state index is -2.52. The molecule has 4 aromatic carbocycles. The van der Waals surface area contributed by atoms with Gasteiger partial charge in [0.2, 0.25) is 35.3 Å². The molecule has 0 unspecified atom stereocenters. The summed E-state index contributed by atoms with van der Waals surface area (Å²) in [6, 6.07) is 15.6. The van der Waals surface area contributed by atoms with Gasteiger partial charge in [0.1, 0.15) is 65.5 Å². The summed E-state index contributed by atoms with van der Waals surface area (Å²) >= 11 is 0. The number of ether oxygens (including phenoxy) is 8. The fourth-order valence-electron chi connectivity index (χ4n) is 13.7. The van der Waals surface area contributed by atoms with Gasteiger partial charge in [-0.1, -0.05) is 68.2 Å². The van der Waals surface area contributed by atoms with E-state index < -0.39 is 194 Å². The van der Waals surface area contributed by atoms with Gasteiger partial charge in [0.05, 0.1) is 68.1 Å². The van der Waals surface area contributed by atoms with Crippen LogP contribution in [0.15, 0.2) is 66.7 Å². The molecule has 4 fully saturated rings. The number of anilines is 1. The second-order valence-corrected chi connectivity index (χ2v) is 25.6. The summed E-state index contributed by atoms with van der Waals surface area (Å²) in [7, 11) is 2.79. The van der Waals surface area contributed by atoms with Gasteiger partial charge in [-0.2, -0.15) is 0 Å². The Morgan fingerprint density at radius 1 is 0.758 bits per heavy atom. The lowest BCUT2D eigenvalue weighted by atomic mass is 9.72. The first-order valence-electron chi connectivity index (χ1n) is 32.7. The number of hydrogen-bond acceptors (Lipinski definition) is 24. The number of fused-ring (bicyclic) bond motifs is 8. The quantitative estimate of drug-likeness (QED) is 0.0213. The lowest BCUT2D eigenvalue weighted by molar-refractivity contribution is -0.301. The van der Waals surface area contributed by atoms with Gasteiger partial charge in [-0.15, -0.1) is 0 Å². The number of hydrogen-bond donors (Lipinski definition) is 12. The van der Waals surface area contributed by atoms with E-state index in [1.165, 1.54) is 32.4 Å². The standard InChI is InChI=1S/C69H81N7O23/c1-33(2)54(74-47(79)21-22-70-46(78)19-20-48(80)76-30-37-13-7-6-11-35(37)17-18-36-12-8-9-15-41(36)76)64(89)73-40(32-95-66-61(87)60(86)57(83)45(31-77)98-66)63(88)71-23-24-72-68(90)69(91)28-39-51(59(85)53-52(56(39)82)55(81)38-14-10-16-43(92-4)50(38)58(53)84)44(29-69)97-49-27-42-62(34(3)96-49)99-65-67(93-5)94-26-25-75(42)65/h6-16,33-34,40,42,44-45,49,54,57,60-62,65-67,77,82-83,85-87,91H,19-32H2,1-5H3,(H,70,78)(H,71,88)(H,72,90)(H,73,89)(H,74,79)/t34-,40-,42-,44-,45+,49+,54-,57+,60-,61+,62+,65+,66+,67-,69-/m0/s1. The summed E-state index contributed by atoms with van der Waals surface area (Å²) in [4.78, 5) is 116. The zero-order valence-electron chi connectivity index (χ0n) is 55.0. The van der Waals surface area contributed by atoms with Crippen LogP contribution in [0.2, 0.25) is 0 Å². The number of amides is 6. The molecule has 5 heterocycles. The maximum atomic E-state index is 14.5. The van der Waals surface area contributed by atoms with Gasteiger partial charge in [0.15, 0.2) is 30.9 Å². The second-order valence-electron chi connectivity index (χ2n) is 25.6. The molecule has 11 rings (SSSR count). The molecule has 99 heavy (non-hydrogen) atoms. The van der Waals surface area contributed by atoms with E-state index in [2.05, 4.69) is 43.3 Å². The summed E-state index contributed by atoms with van der Waals surface area (Å²) < 4.78 is 47.3. The maximum absolute atomic E-state index is 14.5. The minimum absolute atomic E-state index is 0.0250. The fraction of sp³-hybridized carbons (Fsp3) is 0.507. The van der Waals surface area contributed by atoms with Crippen LogP contribution < -0.4 is 36.2 Å². The van der Waals surface area contributed by atoms with E-state index in [0.29, 0.717) is 24.4 Å². The molecule has 15 atom stereocenters. The van der Waals surface area contributed by atoms with Crippen molar-refractivity contribution in [2.45, 2.75) is 157 Å². The van der Waals surface area contributed by atoms with Crippen LogP contribution in [0.25, 0.3) is 0 Å². The number of methoxy groups -OCH3 is 2. The highest BCUT2D eigenvalue weighted by Gasteiger charge is 2.56. The van der Waals surface area contributed by atoms with E-state index in [0.717, 1.165) is 11.1 Å². The van der Waals surface area contributed by atoms with Crippen molar-refractivity contribution in [1.82, 2.24) is 31.5 Å². The maximum Gasteiger partial charge on any atom is 0.252 e. The van der Waals surface area contributed by atoms with Crippen LogP contribution >= 0.6 is 0 Å². The molecule has 30 nitrogen and oxygen atoms in total. The van der Waals surface area contributed by atoms with Crippen molar-refractivity contribution in [1.29, 1.82) is 0 Å². The summed E-state index contributed by atoms with van der Waals surface area (Å²) in [6.45, 7) is 3.32. The van der Waals surface area contributed by atoms with Crippen molar-refractivity contribution in [3.63, 3.8) is 0 Å². The molecule has 0 saturated carbocycles. The molecular weight excluding hydrogens is 1290 g/mol. The van der Waals surface area contributed by atoms with Gasteiger partial charge in [0, 0.05) is 106 Å². The Morgan fingerprint density at radius 3 is 2.23 bits per heavy atom. The van der Waals surface area contributed by atoms with Gasteiger partial charge < -0.3 is 105 Å². The van der Waals surface area contributed by atoms with E-state index in [4.69, 9.17) is 37.9 Å². The zero-order valence-corrected chi connectivity index (χ0v) is 55.0. The zero-order chi connectivity index (χ0) is 70.7. The highest BCUT2D eigenvalue weighted by Crippen LogP contribution is 2.53. The third-order valence-electron chi connectivity index (χ3n) is 18.9. The van der Waals surface area contributed by atoms with Crippen molar-refractivity contribution in [2.75, 3.05) is 65.1 Å². The smallest absolute Gasteiger partial charge is 0.252 e. The molecule has 0 spiro atoms. The molecule has 0 aromatic heterocycles. The summed E-state index contributed by atoms with van der Waals surface area (Å²) in [5, 5.41) is 91.5. The number of aliphatic hydroxyl groups excluding tert-OH is 4. The number of morpholine rings is 1. The number of ketones is 2. The van der Waals surface area contributed by atoms with Crippen LogP contribution in [-0.2, 0) is 74.9 Å². The molecule has 0 bridgehead atoms. The normalized spacial score (nSPS) is 27.3. The van der Waals surface area contributed by atoms with Gasteiger partial charge in [0.25, 0.3) is 5.91 Å². The number of para-hydroxylation sites is 1. The topological polar surface area (TPSA) is 419 Å². The van der Waals surface area contributed by atoms with E-state index >= 15 is 0 Å². The molecule has 12 N–H and O–H groups in total. The highest BCUT2D eigenvalue weighted by atomic mass is 16.7. The summed E-state index contributed by atoms with van der Waals surface area (Å²) in [5.41, 5.74) is -1.59. The van der Waals surface area contributed by atoms with Crippen LogP contribution in [-0.4, -0.2) is 233 Å². The van der Waals surface area contributed by atoms with Gasteiger partial charge >= 0.3 is 0 Å². The SMILES string of the molecule is COc1cccc2c1C(=O)c1c(O)c3c(c(O)c1C2=O)C[C@@](O)(C(=O)NCCNC(=O)[C@H](CO[C@@H]1O[C@H](CO)[C@@H](O)[C@H](O)[C@H]1O)NC(=O)[C@@H](NC(=O)CCNC(=O)CCC(=O)N1Cc2ccccc2C#Cc2ccccc21)C(C)C)C[C@@H]3O[C@@H]1C[C@H]2[C@H](O[C@@H]3[C@@H](OC)OCCN32)[C@H](C)O1. The van der Waals surface area contributed by atoms with E-state index in [1.807, 2.05) is 36.4 Å². The third-order valence-corrected chi connectivity index (χ3v) is 18.9. The number of phenolic OH excluding ortho intramolecular Hbond substituents is 2. The molecule has 530 valence electrons. The number of nitrogens with one attached hydrogen (secondary N) is 5. The first kappa shape index (κ1) is 71.8. The number of benzene rings is 4. The van der Waals surface area contributed by atoms with Crippen molar-refractivity contribution in [2.24, 2.45) is 5.92 Å². The molecular formula is C69H81N7O23. The monoisotopic (exact) mass is 1380 g/mol. The third kappa shape index (κ3) is 14.7. The average molecular weight is 1380 g/mol. The summed E-state index contributed by atoms with van der Waals surface area (Å²) in [5.74, 6) is -2.08. The fourth-order valence-corrected chi connectivity index (χ4v) is 13.7. The Morgan fingerprint density at radius 2 is 1.48 bits per heavy atom. The minimum Gasteiger partial charge on any atom is -0.507 e. The van der Waals surface area contributed by atoms with Crippen molar-refractivity contribution < 1.29 is 112 Å². The van der Waals surface area contributed by atoms with Crippen LogP contribution in [0.4, 0.5) is 5.69 Å². The number of carbonyl (C=O) groups is 8. The van der Waals surface area contributed by atoms with Crippen LogP contribution in [0, 0.1) is 17.8 Å². The summed E-state index contributed by atoms with van der Waals surface area (Å²) in [6.07, 6.45) is -15.7. The molecule has 30 heteroatoms. The van der Waals surface area contributed by atoms with Crippen molar-refractivity contribution in [3.8, 4) is 29.1 Å². The predicted molar refractivity (Wildman–Crippen MR) is 343 cm³/mol. The molecule has 5 aliphatic heterocycles. The Balaban J connectivity index is 0.750. The Labute approximate surface area is 568 Å². The van der Waals surface area contributed by atoms with Crippen molar-refractivity contribution in [3.05, 3.63) is 117 Å². The molecule has 6 amide bonds. The van der Waals surface area contributed by atoms with E-state index in [-0.39, 0.29) is 78.7 Å². The largest absolute Gasteiger partial charge is 0.507 e. The second kappa shape index (κ2) is 30.5. The predicted octanol–water partition coefficient (Wildman–Crippen LogP) is -0.942. The van der Waals surface area contributed by atoms with E-state index in [9.17, 15) is 74.1 Å². The lowest BCUT2D eigenvalue weighted by Gasteiger charge is -2.43. The number of rotatable bonds is 23. The van der Waals surface area contributed by atoms with Crippen LogP contribution in [0.3, 0.4) is 0 Å². The number of carbonyl (C=O) groups excluding carboxylic acids is 8. The Bertz CT molecular complexity index is 3840. The van der Waals surface area contributed by atoms with Gasteiger partial charge in [-0.05, 0) is 42.7 Å². The molecule has 7 aliphatic rings. The Kier molecular flexibility index (Phi) is 22.1. The van der Waals surface area contributed by atoms with Crippen LogP contribution in [0.5, 0.6) is 17.2 Å². The van der Waals surface area contributed by atoms with Crippen LogP contribution in [0.1, 0.15) is 119 Å². The van der Waals surface area contributed by atoms with E-state index in [1.54, 1.807) is 37.8 Å². The number of aliphatic hydroxyl groups is 5. The average Bonchev–Trinajstić information content (AvgIpc) is 1.13. The molecule has 2 aliphatic carbocycles. The first-order chi connectivity index (χ1) is 47.4. The molecule has 0 radical (unpaired) electrons.